The van der Waals surface area contributed by atoms with Crippen molar-refractivity contribution >= 4 is 31.5 Å². The van der Waals surface area contributed by atoms with Gasteiger partial charge in [0, 0.05) is 10.7 Å². The predicted octanol–water partition coefficient (Wildman–Crippen LogP) is 1.58. The molecule has 0 aliphatic carbocycles. The van der Waals surface area contributed by atoms with Crippen LogP contribution >= 0.6 is 10.7 Å². The molecule has 1 fully saturated rings. The minimum absolute atomic E-state index is 0.0975. The number of hydrogen-bond acceptors (Lipinski definition) is 5. The van der Waals surface area contributed by atoms with Crippen LogP contribution in [0.25, 0.3) is 0 Å². The number of anilines is 1. The van der Waals surface area contributed by atoms with Crippen molar-refractivity contribution in [3.63, 3.8) is 0 Å². The lowest BCUT2D eigenvalue weighted by Gasteiger charge is -2.16. The van der Waals surface area contributed by atoms with Crippen molar-refractivity contribution < 1.29 is 22.7 Å². The molecule has 2 rings (SSSR count). The molecule has 1 aromatic carbocycles. The number of rotatable bonds is 3. The fraction of sp³-hybridized carbons (Fsp3) is 0.300. The van der Waals surface area contributed by atoms with Gasteiger partial charge in [-0.1, -0.05) is 0 Å². The molecule has 1 aromatic rings. The molecule has 18 heavy (non-hydrogen) atoms. The zero-order valence-electron chi connectivity index (χ0n) is 9.42. The van der Waals surface area contributed by atoms with Gasteiger partial charge >= 0.3 is 6.09 Å². The van der Waals surface area contributed by atoms with Gasteiger partial charge in [0.25, 0.3) is 9.05 Å². The second kappa shape index (κ2) is 4.66. The standard InChI is InChI=1S/C10H10ClNO5S/c1-16-9-3-2-7(18(11,14)15)6-8(9)12-4-5-17-10(12)13/h2-3,6H,4-5H2,1H3. The molecular formula is C10H10ClNO5S. The van der Waals surface area contributed by atoms with Gasteiger partial charge in [-0.15, -0.1) is 0 Å². The van der Waals surface area contributed by atoms with Crippen molar-refractivity contribution in [2.24, 2.45) is 0 Å². The summed E-state index contributed by atoms with van der Waals surface area (Å²) in [5.74, 6) is 0.373. The van der Waals surface area contributed by atoms with Gasteiger partial charge in [-0.25, -0.2) is 13.2 Å². The number of methoxy groups -OCH3 is 1. The lowest BCUT2D eigenvalue weighted by molar-refractivity contribution is 0.181. The molecular weight excluding hydrogens is 282 g/mol. The van der Waals surface area contributed by atoms with E-state index in [-0.39, 0.29) is 11.5 Å². The van der Waals surface area contributed by atoms with Crippen LogP contribution in [0.1, 0.15) is 0 Å². The number of halogens is 1. The smallest absolute Gasteiger partial charge is 0.414 e. The summed E-state index contributed by atoms with van der Waals surface area (Å²) in [6, 6.07) is 4.04. The highest BCUT2D eigenvalue weighted by Gasteiger charge is 2.27. The molecule has 1 amide bonds. The number of cyclic esters (lactones) is 1. The Balaban J connectivity index is 2.52. The molecule has 0 bridgehead atoms. The molecule has 1 saturated heterocycles. The number of amides is 1. The Morgan fingerprint density at radius 1 is 1.44 bits per heavy atom. The minimum Gasteiger partial charge on any atom is -0.495 e. The molecule has 0 radical (unpaired) electrons. The molecule has 1 aliphatic rings. The van der Waals surface area contributed by atoms with Crippen molar-refractivity contribution in [1.29, 1.82) is 0 Å². The molecule has 1 heterocycles. The van der Waals surface area contributed by atoms with Gasteiger partial charge < -0.3 is 9.47 Å². The largest absolute Gasteiger partial charge is 0.495 e. The van der Waals surface area contributed by atoms with Crippen LogP contribution in [0.2, 0.25) is 0 Å². The van der Waals surface area contributed by atoms with Gasteiger partial charge in [0.05, 0.1) is 24.2 Å². The summed E-state index contributed by atoms with van der Waals surface area (Å²) in [6.07, 6.45) is -0.544. The molecule has 0 atom stereocenters. The van der Waals surface area contributed by atoms with E-state index < -0.39 is 15.1 Å². The second-order valence-electron chi connectivity index (χ2n) is 3.54. The molecule has 0 spiro atoms. The highest BCUT2D eigenvalue weighted by Crippen LogP contribution is 2.33. The Kier molecular flexibility index (Phi) is 3.36. The first-order valence-corrected chi connectivity index (χ1v) is 7.31. The summed E-state index contributed by atoms with van der Waals surface area (Å²) in [6.45, 7) is 0.584. The zero-order chi connectivity index (χ0) is 13.3. The van der Waals surface area contributed by atoms with E-state index in [9.17, 15) is 13.2 Å². The molecule has 0 saturated carbocycles. The number of ether oxygens (including phenoxy) is 2. The minimum atomic E-state index is -3.86. The van der Waals surface area contributed by atoms with Crippen LogP contribution in [0.5, 0.6) is 5.75 Å². The molecule has 0 N–H and O–H groups in total. The van der Waals surface area contributed by atoms with Crippen LogP contribution in [0.15, 0.2) is 23.1 Å². The number of carbonyl (C=O) groups is 1. The monoisotopic (exact) mass is 291 g/mol. The van der Waals surface area contributed by atoms with Crippen molar-refractivity contribution in [2.75, 3.05) is 25.2 Å². The fourth-order valence-corrected chi connectivity index (χ4v) is 2.42. The van der Waals surface area contributed by atoms with Crippen molar-refractivity contribution in [3.8, 4) is 5.75 Å². The Morgan fingerprint density at radius 3 is 2.67 bits per heavy atom. The van der Waals surface area contributed by atoms with Crippen molar-refractivity contribution in [2.45, 2.75) is 4.90 Å². The first-order chi connectivity index (χ1) is 8.43. The second-order valence-corrected chi connectivity index (χ2v) is 6.10. The van der Waals surface area contributed by atoms with Crippen LogP contribution < -0.4 is 9.64 Å². The summed E-state index contributed by atoms with van der Waals surface area (Å²) in [5.41, 5.74) is 0.321. The highest BCUT2D eigenvalue weighted by molar-refractivity contribution is 8.13. The highest BCUT2D eigenvalue weighted by atomic mass is 35.7. The van der Waals surface area contributed by atoms with Crippen LogP contribution in [0.4, 0.5) is 10.5 Å². The Morgan fingerprint density at radius 2 is 2.17 bits per heavy atom. The first-order valence-electron chi connectivity index (χ1n) is 5.00. The molecule has 6 nitrogen and oxygen atoms in total. The van der Waals surface area contributed by atoms with E-state index in [1.54, 1.807) is 0 Å². The normalized spacial score (nSPS) is 15.7. The SMILES string of the molecule is COc1ccc(S(=O)(=O)Cl)cc1N1CCOC1=O. The summed E-state index contributed by atoms with van der Waals surface area (Å²) in [5, 5.41) is 0. The van der Waals surface area contributed by atoms with E-state index in [4.69, 9.17) is 20.2 Å². The fourth-order valence-electron chi connectivity index (χ4n) is 1.64. The summed E-state index contributed by atoms with van der Waals surface area (Å²) < 4.78 is 32.4. The van der Waals surface area contributed by atoms with Gasteiger partial charge in [0.1, 0.15) is 12.4 Å². The molecule has 0 aromatic heterocycles. The van der Waals surface area contributed by atoms with Gasteiger partial charge in [-0.2, -0.15) is 0 Å². The number of nitrogens with zero attached hydrogens (tertiary/aromatic N) is 1. The van der Waals surface area contributed by atoms with Crippen LogP contribution in [0, 0.1) is 0 Å². The molecule has 0 unspecified atom stereocenters. The number of benzene rings is 1. The third-order valence-corrected chi connectivity index (χ3v) is 3.83. The number of carbonyl (C=O) groups excluding carboxylic acids is 1. The maximum absolute atomic E-state index is 11.5. The lowest BCUT2D eigenvalue weighted by Crippen LogP contribution is -2.24. The average Bonchev–Trinajstić information content (AvgIpc) is 2.73. The van der Waals surface area contributed by atoms with E-state index in [1.807, 2.05) is 0 Å². The Labute approximate surface area is 108 Å². The molecule has 1 aliphatic heterocycles. The van der Waals surface area contributed by atoms with E-state index in [0.29, 0.717) is 18.0 Å². The third-order valence-electron chi connectivity index (χ3n) is 2.48. The van der Waals surface area contributed by atoms with E-state index in [0.717, 1.165) is 0 Å². The zero-order valence-corrected chi connectivity index (χ0v) is 11.0. The maximum Gasteiger partial charge on any atom is 0.414 e. The first kappa shape index (κ1) is 13.0. The third kappa shape index (κ3) is 2.37. The van der Waals surface area contributed by atoms with Gasteiger partial charge in [0.15, 0.2) is 0 Å². The van der Waals surface area contributed by atoms with Gasteiger partial charge in [0.2, 0.25) is 0 Å². The Bertz CT molecular complexity index is 586. The molecule has 8 heteroatoms. The summed E-state index contributed by atoms with van der Waals surface area (Å²) >= 11 is 0. The number of hydrogen-bond donors (Lipinski definition) is 0. The van der Waals surface area contributed by atoms with Crippen LogP contribution in [-0.4, -0.2) is 34.8 Å². The van der Waals surface area contributed by atoms with Crippen LogP contribution in [-0.2, 0) is 13.8 Å². The van der Waals surface area contributed by atoms with E-state index in [1.165, 1.54) is 30.2 Å². The average molecular weight is 292 g/mol. The molecule has 98 valence electrons. The van der Waals surface area contributed by atoms with E-state index in [2.05, 4.69) is 0 Å². The Hall–Kier alpha value is -1.47. The quantitative estimate of drug-likeness (QED) is 0.791. The van der Waals surface area contributed by atoms with Crippen molar-refractivity contribution in [3.05, 3.63) is 18.2 Å². The van der Waals surface area contributed by atoms with Crippen molar-refractivity contribution in [1.82, 2.24) is 0 Å². The van der Waals surface area contributed by atoms with Crippen LogP contribution in [0.3, 0.4) is 0 Å². The predicted molar refractivity (Wildman–Crippen MR) is 64.7 cm³/mol. The maximum atomic E-state index is 11.5. The van der Waals surface area contributed by atoms with Gasteiger partial charge in [-0.05, 0) is 18.2 Å². The van der Waals surface area contributed by atoms with Gasteiger partial charge in [-0.3, -0.25) is 4.90 Å². The lowest BCUT2D eigenvalue weighted by atomic mass is 10.2. The summed E-state index contributed by atoms with van der Waals surface area (Å²) in [4.78, 5) is 12.7. The summed E-state index contributed by atoms with van der Waals surface area (Å²) in [7, 11) is 2.83. The topological polar surface area (TPSA) is 72.9 Å². The van der Waals surface area contributed by atoms with E-state index >= 15 is 0 Å².